The molecule has 7 fully saturated rings. The van der Waals surface area contributed by atoms with Gasteiger partial charge < -0.3 is 37.9 Å². The van der Waals surface area contributed by atoms with E-state index in [2.05, 4.69) is 169 Å². The van der Waals surface area contributed by atoms with E-state index in [9.17, 15) is 24.7 Å². The number of allylic oxidation sites excluding steroid dienone is 8. The fourth-order valence-electron chi connectivity index (χ4n) is 16.7. The Kier molecular flexibility index (Phi) is 27.5. The van der Waals surface area contributed by atoms with Crippen molar-refractivity contribution < 1.29 is 42.7 Å². The molecule has 0 amide bonds. The van der Waals surface area contributed by atoms with Crippen molar-refractivity contribution >= 4 is 48.5 Å². The Labute approximate surface area is 606 Å². The Morgan fingerprint density at radius 2 is 1.05 bits per heavy atom. The highest BCUT2D eigenvalue weighted by molar-refractivity contribution is 7.78. The summed E-state index contributed by atoms with van der Waals surface area (Å²) in [5, 5.41) is 32.0. The Hall–Kier alpha value is -3.47. The molecular formula is C86H135O9PSi3. The summed E-state index contributed by atoms with van der Waals surface area (Å²) in [6.45, 7) is 44.3. The molecule has 0 radical (unpaired) electrons. The smallest absolute Gasteiger partial charge is 0.192 e. The number of fused-ring (bicyclic) bond motifs is 2. The van der Waals surface area contributed by atoms with E-state index in [4.69, 9.17) is 18.0 Å². The number of carbonyl (C=O) groups is 1. The van der Waals surface area contributed by atoms with Gasteiger partial charge in [-0.3, -0.25) is 4.79 Å². The van der Waals surface area contributed by atoms with Gasteiger partial charge in [0.15, 0.2) is 25.0 Å². The fourth-order valence-corrected chi connectivity index (χ4v) is 23.5. The van der Waals surface area contributed by atoms with Crippen molar-refractivity contribution in [1.82, 2.24) is 0 Å². The van der Waals surface area contributed by atoms with Crippen LogP contribution in [0.3, 0.4) is 0 Å². The summed E-state index contributed by atoms with van der Waals surface area (Å²) in [7, 11) is -8.27. The largest absolute Gasteiger partial charge is 0.414 e. The number of ketones is 1. The van der Waals surface area contributed by atoms with E-state index in [1.807, 2.05) is 60.7 Å². The molecule has 2 aromatic rings. The third-order valence-corrected chi connectivity index (χ3v) is 37.1. The topological polar surface area (TPSA) is 132 Å². The van der Waals surface area contributed by atoms with Gasteiger partial charge in [-0.1, -0.05) is 205 Å². The summed E-state index contributed by atoms with van der Waals surface area (Å²) in [5.41, 5.74) is 6.78. The van der Waals surface area contributed by atoms with Crippen LogP contribution in [-0.4, -0.2) is 101 Å². The molecule has 9 aliphatic rings. The van der Waals surface area contributed by atoms with Crippen molar-refractivity contribution in [2.45, 2.75) is 323 Å². The van der Waals surface area contributed by atoms with Gasteiger partial charge in [-0.15, -0.1) is 0 Å². The van der Waals surface area contributed by atoms with Gasteiger partial charge in [-0.2, -0.15) is 0 Å². The fraction of sp³-hybridized carbons (Fsp3) is 0.686. The molecular weight excluding hydrogens is 1290 g/mol. The molecule has 2 aromatic carbocycles. The quantitative estimate of drug-likeness (QED) is 0.0690. The minimum atomic E-state index is -2.81. The highest BCUT2D eigenvalue weighted by Gasteiger charge is 2.59. The molecule has 0 spiro atoms. The van der Waals surface area contributed by atoms with Crippen LogP contribution in [0.1, 0.15) is 232 Å². The van der Waals surface area contributed by atoms with Gasteiger partial charge >= 0.3 is 0 Å². The average Bonchev–Trinajstić information content (AvgIpc) is 1.57. The molecule has 550 valence electrons. The van der Waals surface area contributed by atoms with E-state index in [1.54, 1.807) is 25.0 Å². The standard InChI is InChI=1S/C32H51O3PSi2.C27H38O3.C22H34O2Si.C4H8O.CH4/c1-31(2,3)37(7,8)34-27-23-26(24-28(25-27)35-38(9,10)32(4,5)6)21-22-36(33,29-17-13-11-14-18-29)30-19-15-12-16-20-30;1-25(2,30)11-5-13-27(14-15-27)24-10-9-23-20(6-4-12-26(23,24)3)8-7-19-16-21(28)18-22(29)17-19;1-20(2,24-25(4,5)6)12-8-14-22(15-16-22)19-11-10-17-18(23)9-7-13-21(17,19)3;1-2-4-5-3-1;/h11-21,27-28H,22-25H2,1-10H3;7-8,10,21-23,28-30H,4,6,9,12-18H2,1-3H3;11,17H,7,9-10,13-16H2,1-6H3;1-4H2;1H4/b;19-7?,20-8+;;;/t27-,28?;21-,22?,23?,26+;17?,21-;;/m110../s1. The lowest BCUT2D eigenvalue weighted by Crippen LogP contribution is -2.48. The first-order valence-electron chi connectivity index (χ1n) is 38.0. The second-order valence-electron chi connectivity index (χ2n) is 36.6. The molecule has 11 rings (SSSR count). The van der Waals surface area contributed by atoms with Crippen LogP contribution >= 0.6 is 7.14 Å². The van der Waals surface area contributed by atoms with Crippen molar-refractivity contribution in [2.24, 2.45) is 33.5 Å². The van der Waals surface area contributed by atoms with E-state index in [-0.39, 0.29) is 62.9 Å². The zero-order chi connectivity index (χ0) is 72.0. The minimum Gasteiger partial charge on any atom is -0.414 e. The zero-order valence-corrected chi connectivity index (χ0v) is 68.4. The number of benzene rings is 2. The normalized spacial score (nSPS) is 28.7. The van der Waals surface area contributed by atoms with Gasteiger partial charge in [0.1, 0.15) is 24.1 Å². The predicted octanol–water partition coefficient (Wildman–Crippen LogP) is 20.6. The van der Waals surface area contributed by atoms with Gasteiger partial charge in [0.25, 0.3) is 0 Å². The zero-order valence-electron chi connectivity index (χ0n) is 64.5. The second-order valence-corrected chi connectivity index (χ2v) is 53.4. The Bertz CT molecular complexity index is 3280. The van der Waals surface area contributed by atoms with Crippen LogP contribution in [-0.2, 0) is 27.4 Å². The molecule has 0 aromatic heterocycles. The number of aliphatic hydroxyl groups excluding tert-OH is 2. The van der Waals surface area contributed by atoms with Crippen LogP contribution in [0.5, 0.6) is 0 Å². The number of carbonyl (C=O) groups excluding carboxylic acids is 1. The first kappa shape index (κ1) is 82.8. The minimum absolute atomic E-state index is 0. The van der Waals surface area contributed by atoms with Crippen LogP contribution < -0.4 is 10.6 Å². The molecule has 9 nitrogen and oxygen atoms in total. The monoisotopic (exact) mass is 1430 g/mol. The summed E-state index contributed by atoms with van der Waals surface area (Å²) >= 11 is 0. The van der Waals surface area contributed by atoms with Gasteiger partial charge in [0, 0.05) is 66.0 Å². The van der Waals surface area contributed by atoms with Gasteiger partial charge in [-0.05, 0) is 222 Å². The Morgan fingerprint density at radius 1 is 0.596 bits per heavy atom. The Morgan fingerprint density at radius 3 is 1.48 bits per heavy atom. The average molecular weight is 1430 g/mol. The molecule has 13 heteroatoms. The molecule has 1 heterocycles. The molecule has 6 saturated carbocycles. The highest BCUT2D eigenvalue weighted by atomic mass is 31.2. The van der Waals surface area contributed by atoms with E-state index >= 15 is 0 Å². The molecule has 3 N–H and O–H groups in total. The van der Waals surface area contributed by atoms with Gasteiger partial charge in [0.2, 0.25) is 0 Å². The van der Waals surface area contributed by atoms with E-state index < -0.39 is 49.9 Å². The van der Waals surface area contributed by atoms with Crippen molar-refractivity contribution in [1.29, 1.82) is 0 Å². The summed E-state index contributed by atoms with van der Waals surface area (Å²) in [6.07, 6.45) is 34.3. The molecule has 99 heavy (non-hydrogen) atoms. The molecule has 1 aliphatic heterocycles. The third-order valence-electron chi connectivity index (χ3n) is 24.0. The third kappa shape index (κ3) is 21.8. The van der Waals surface area contributed by atoms with Crippen LogP contribution in [0, 0.1) is 57.2 Å². The number of Topliss-reactive ketones (excluding diaryl/α,β-unsaturated/α-hetero) is 1. The number of aliphatic hydroxyl groups is 3. The summed E-state index contributed by atoms with van der Waals surface area (Å²) < 4.78 is 39.7. The SMILES string of the molecule is C.C1CCOC1.CC(C)(C#CCC1(C2=CCC3C(=O)CCC[C@]23C)CC1)O[Si](C)(C)C.CC(C)(C)[Si](C)(C)OC1CC(=CCP(=O)(c2ccccc2)c2ccccc2)C[C@@H](O[Si](C)(C)C(C)(C)C)C1.CC(C)(O)C#CCC1(C2=CCC3/C(=C/C=C4CC(O)C[C@H](O)C4)CCC[C@]23C)CC1. The maximum Gasteiger partial charge on any atom is 0.192 e. The lowest BCUT2D eigenvalue weighted by atomic mass is 9.61. The van der Waals surface area contributed by atoms with Crippen molar-refractivity contribution in [3.63, 3.8) is 0 Å². The van der Waals surface area contributed by atoms with Crippen molar-refractivity contribution in [3.8, 4) is 23.7 Å². The maximum atomic E-state index is 14.6. The first-order chi connectivity index (χ1) is 45.5. The molecule has 0 bridgehead atoms. The lowest BCUT2D eigenvalue weighted by molar-refractivity contribution is -0.128. The second kappa shape index (κ2) is 32.9. The Balaban J connectivity index is 0.000000204. The lowest BCUT2D eigenvalue weighted by Gasteiger charge is -2.45. The summed E-state index contributed by atoms with van der Waals surface area (Å²) in [4.78, 5) is 12.4. The maximum absolute atomic E-state index is 14.6. The van der Waals surface area contributed by atoms with Crippen LogP contribution in [0.4, 0.5) is 0 Å². The first-order valence-corrected chi connectivity index (χ1v) is 49.1. The van der Waals surface area contributed by atoms with Gasteiger partial charge in [0.05, 0.1) is 24.4 Å². The highest BCUT2D eigenvalue weighted by Crippen LogP contribution is 2.68. The number of ether oxygens (including phenoxy) is 1. The number of rotatable bonds is 15. The molecule has 8 atom stereocenters. The van der Waals surface area contributed by atoms with Crippen molar-refractivity contribution in [2.75, 3.05) is 19.4 Å². The summed E-state index contributed by atoms with van der Waals surface area (Å²) in [5.74, 6) is 14.5. The van der Waals surface area contributed by atoms with Crippen LogP contribution in [0.25, 0.3) is 0 Å². The van der Waals surface area contributed by atoms with Crippen LogP contribution in [0.2, 0.25) is 55.9 Å². The molecule has 4 unspecified atom stereocenters. The number of hydrogen-bond donors (Lipinski definition) is 3. The number of hydrogen-bond acceptors (Lipinski definition) is 9. The van der Waals surface area contributed by atoms with Crippen LogP contribution in [0.15, 0.2) is 119 Å². The van der Waals surface area contributed by atoms with E-state index in [0.29, 0.717) is 37.1 Å². The predicted molar refractivity (Wildman–Crippen MR) is 424 cm³/mol. The molecule has 8 aliphatic carbocycles. The van der Waals surface area contributed by atoms with Crippen molar-refractivity contribution in [3.05, 3.63) is 119 Å². The van der Waals surface area contributed by atoms with E-state index in [1.165, 1.54) is 74.5 Å². The summed E-state index contributed by atoms with van der Waals surface area (Å²) in [6, 6.07) is 20.0. The van der Waals surface area contributed by atoms with E-state index in [0.717, 1.165) is 88.0 Å². The molecule has 1 saturated heterocycles. The van der Waals surface area contributed by atoms with Gasteiger partial charge in [-0.25, -0.2) is 0 Å².